The van der Waals surface area contributed by atoms with Crippen LogP contribution in [0.1, 0.15) is 114 Å². The number of halogens is 9. The van der Waals surface area contributed by atoms with Gasteiger partial charge in [-0.3, -0.25) is 0 Å². The SMILES string of the molecule is CCC(COc1ccc(C(F)(F)F)cc1)CSc1ccc(OC(C)CC)c(C)c1.CCCOc1ccc(SCC(CC)COc2ccc(C(F)(F)F)cc2)cc1C.CCOc1ccc(SCC(CC)COc2ccc(C(F)(F)F)cc2)cc1C.O=C=O.O=C=O.O=C=O. The van der Waals surface area contributed by atoms with Crippen LogP contribution in [-0.4, -0.2) is 74.9 Å². The molecule has 0 heterocycles. The standard InChI is InChI=1S/C23H29F3O2S.C22H27F3O2S.C21H25F3O2S.3CO2/c1-5-17(4)28-22-12-11-21(13-16(22)3)29-15-18(6-2)14-27-20-9-7-19(8-10-20)23(24,25)26;1-4-12-26-21-11-10-20(13-16(21)3)28-15-17(5-2)14-27-19-8-6-18(7-9-19)22(23,24)25;1-4-16(13-26-18-8-6-17(7-9-18)21(22,23)24)14-27-19-10-11-20(25-5-2)15(3)12-19;3*2-1-3/h7-13,17-18H,5-6,14-15H2,1-4H3;6-11,13,17H,4-5,12,14-15H2,1-3H3;6-12,16H,4-5,13-14H2,1-3H3;;;. The van der Waals surface area contributed by atoms with Crippen molar-refractivity contribution < 1.29 is 96.7 Å². The largest absolute Gasteiger partial charge is 0.494 e. The van der Waals surface area contributed by atoms with E-state index in [9.17, 15) is 39.5 Å². The maximum atomic E-state index is 12.6. The molecule has 510 valence electrons. The lowest BCUT2D eigenvalue weighted by atomic mass is 10.1. The minimum atomic E-state index is -4.32. The van der Waals surface area contributed by atoms with E-state index in [1.54, 1.807) is 35.3 Å². The maximum Gasteiger partial charge on any atom is 0.416 e. The molecule has 0 saturated carbocycles. The Morgan fingerprint density at radius 3 is 0.903 bits per heavy atom. The Morgan fingerprint density at radius 1 is 0.387 bits per heavy atom. The summed E-state index contributed by atoms with van der Waals surface area (Å²) in [5, 5.41) is 0. The maximum absolute atomic E-state index is 12.6. The second-order valence-corrected chi connectivity index (χ2v) is 23.7. The highest BCUT2D eigenvalue weighted by atomic mass is 32.2. The minimum Gasteiger partial charge on any atom is -0.494 e. The first-order valence-corrected chi connectivity index (χ1v) is 32.6. The highest BCUT2D eigenvalue weighted by Gasteiger charge is 2.32. The van der Waals surface area contributed by atoms with E-state index in [1.807, 2.05) is 52.0 Å². The molecular weight excluding hydrogens is 1290 g/mol. The van der Waals surface area contributed by atoms with Gasteiger partial charge in [0.25, 0.3) is 0 Å². The van der Waals surface area contributed by atoms with Crippen molar-refractivity contribution in [2.24, 2.45) is 17.8 Å². The Labute approximate surface area is 551 Å². The zero-order valence-electron chi connectivity index (χ0n) is 53.7. The van der Waals surface area contributed by atoms with Gasteiger partial charge >= 0.3 is 37.0 Å². The zero-order chi connectivity index (χ0) is 70.0. The molecule has 0 aliphatic carbocycles. The first-order valence-electron chi connectivity index (χ1n) is 29.6. The average molecular weight is 1370 g/mol. The predicted molar refractivity (Wildman–Crippen MR) is 340 cm³/mol. The summed E-state index contributed by atoms with van der Waals surface area (Å²) in [5.74, 6) is 7.69. The summed E-state index contributed by atoms with van der Waals surface area (Å²) in [7, 11) is 0. The highest BCUT2D eigenvalue weighted by Crippen LogP contribution is 2.35. The third-order valence-electron chi connectivity index (χ3n) is 13.3. The van der Waals surface area contributed by atoms with Crippen LogP contribution in [0.4, 0.5) is 39.5 Å². The van der Waals surface area contributed by atoms with Crippen molar-refractivity contribution in [3.05, 3.63) is 161 Å². The van der Waals surface area contributed by atoms with Crippen molar-refractivity contribution in [3.8, 4) is 34.5 Å². The van der Waals surface area contributed by atoms with E-state index in [1.165, 1.54) is 51.1 Å². The first-order chi connectivity index (χ1) is 44.1. The monoisotopic (exact) mass is 1370 g/mol. The fourth-order valence-corrected chi connectivity index (χ4v) is 11.2. The highest BCUT2D eigenvalue weighted by molar-refractivity contribution is 7.99. The van der Waals surface area contributed by atoms with Gasteiger partial charge in [0.05, 0.1) is 55.8 Å². The van der Waals surface area contributed by atoms with E-state index in [0.29, 0.717) is 68.0 Å². The van der Waals surface area contributed by atoms with Gasteiger partial charge in [-0.1, -0.05) is 34.6 Å². The second kappa shape index (κ2) is 45.9. The summed E-state index contributed by atoms with van der Waals surface area (Å²) in [5.41, 5.74) is 1.35. The second-order valence-electron chi connectivity index (χ2n) is 20.4. The van der Waals surface area contributed by atoms with Gasteiger partial charge < -0.3 is 28.4 Å². The number of carbonyl (C=O) groups excluding carboxylic acids is 6. The number of thioether (sulfide) groups is 3. The molecule has 0 saturated heterocycles. The molecule has 0 aromatic heterocycles. The fourth-order valence-electron chi connectivity index (χ4n) is 7.62. The van der Waals surface area contributed by atoms with E-state index in [-0.39, 0.29) is 24.6 Å². The first kappa shape index (κ1) is 83.7. The van der Waals surface area contributed by atoms with Gasteiger partial charge in [0, 0.05) is 49.7 Å². The van der Waals surface area contributed by atoms with Gasteiger partial charge in [-0.25, -0.2) is 0 Å². The predicted octanol–water partition coefficient (Wildman–Crippen LogP) is 19.2. The molecule has 24 heteroatoms. The summed E-state index contributed by atoms with van der Waals surface area (Å²) in [6, 6.07) is 33.1. The van der Waals surface area contributed by atoms with E-state index in [4.69, 9.17) is 57.2 Å². The van der Waals surface area contributed by atoms with E-state index >= 15 is 0 Å². The molecule has 0 amide bonds. The molecule has 6 aromatic rings. The number of hydrogen-bond donors (Lipinski definition) is 0. The van der Waals surface area contributed by atoms with Gasteiger partial charge in [0.15, 0.2) is 0 Å². The third-order valence-corrected chi connectivity index (χ3v) is 17.0. The molecule has 4 unspecified atom stereocenters. The van der Waals surface area contributed by atoms with Gasteiger partial charge in [-0.15, -0.1) is 35.3 Å². The van der Waals surface area contributed by atoms with Crippen molar-refractivity contribution in [2.75, 3.05) is 50.3 Å². The van der Waals surface area contributed by atoms with Crippen molar-refractivity contribution in [1.29, 1.82) is 0 Å². The van der Waals surface area contributed by atoms with Gasteiger partial charge in [0.2, 0.25) is 0 Å². The van der Waals surface area contributed by atoms with Crippen LogP contribution in [0.15, 0.2) is 142 Å². The molecule has 0 N–H and O–H groups in total. The third kappa shape index (κ3) is 35.0. The zero-order valence-corrected chi connectivity index (χ0v) is 56.1. The number of benzene rings is 6. The van der Waals surface area contributed by atoms with Crippen LogP contribution in [0.2, 0.25) is 0 Å². The van der Waals surface area contributed by atoms with Crippen LogP contribution >= 0.6 is 35.3 Å². The minimum absolute atomic E-state index is 0.194. The molecule has 0 fully saturated rings. The van der Waals surface area contributed by atoms with E-state index in [0.717, 1.165) is 120 Å². The van der Waals surface area contributed by atoms with Crippen LogP contribution in [0.3, 0.4) is 0 Å². The topological polar surface area (TPSA) is 158 Å². The molecule has 0 aliphatic rings. The number of alkyl halides is 9. The van der Waals surface area contributed by atoms with Crippen LogP contribution in [0.5, 0.6) is 34.5 Å². The summed E-state index contributed by atoms with van der Waals surface area (Å²) in [6.45, 7) is 23.4. The lowest BCUT2D eigenvalue weighted by molar-refractivity contribution is -0.193. The summed E-state index contributed by atoms with van der Waals surface area (Å²) < 4.78 is 148. The molecule has 0 radical (unpaired) electrons. The Morgan fingerprint density at radius 2 is 0.667 bits per heavy atom. The van der Waals surface area contributed by atoms with Crippen molar-refractivity contribution in [2.45, 2.75) is 141 Å². The normalized spacial score (nSPS) is 12.0. The molecule has 6 aromatic carbocycles. The summed E-state index contributed by atoms with van der Waals surface area (Å²) in [6.07, 6.45) is -7.28. The van der Waals surface area contributed by atoms with Gasteiger partial charge in [-0.2, -0.15) is 68.3 Å². The molecule has 0 spiro atoms. The van der Waals surface area contributed by atoms with Crippen molar-refractivity contribution in [1.82, 2.24) is 0 Å². The molecular formula is C69H81F9O12S3. The Bertz CT molecular complexity index is 3100. The van der Waals surface area contributed by atoms with Crippen LogP contribution in [0.25, 0.3) is 0 Å². The lowest BCUT2D eigenvalue weighted by Gasteiger charge is -2.17. The molecule has 0 bridgehead atoms. The van der Waals surface area contributed by atoms with Crippen molar-refractivity contribution in [3.63, 3.8) is 0 Å². The molecule has 0 aliphatic heterocycles. The van der Waals surface area contributed by atoms with Crippen molar-refractivity contribution >= 4 is 53.7 Å². The van der Waals surface area contributed by atoms with E-state index in [2.05, 4.69) is 71.9 Å². The quantitative estimate of drug-likeness (QED) is 0.0322. The number of ether oxygens (including phenoxy) is 6. The van der Waals surface area contributed by atoms with Gasteiger partial charge in [-0.05, 0) is 211 Å². The van der Waals surface area contributed by atoms with E-state index < -0.39 is 35.2 Å². The Balaban J connectivity index is 0.000000654. The molecule has 4 atom stereocenters. The number of hydrogen-bond acceptors (Lipinski definition) is 15. The van der Waals surface area contributed by atoms with Crippen LogP contribution in [-0.2, 0) is 47.3 Å². The van der Waals surface area contributed by atoms with Gasteiger partial charge in [0.1, 0.15) is 34.5 Å². The average Bonchev–Trinajstić information content (AvgIpc) is 1.40. The Kier molecular flexibility index (Phi) is 41.3. The van der Waals surface area contributed by atoms with Crippen LogP contribution in [0, 0.1) is 38.5 Å². The van der Waals surface area contributed by atoms with Crippen LogP contribution < -0.4 is 28.4 Å². The summed E-state index contributed by atoms with van der Waals surface area (Å²) in [4.78, 5) is 52.3. The molecule has 6 rings (SSSR count). The Hall–Kier alpha value is -7.32. The fraction of sp³-hybridized carbons (Fsp3) is 0.435. The molecule has 12 nitrogen and oxygen atoms in total. The number of rotatable bonds is 29. The smallest absolute Gasteiger partial charge is 0.416 e. The molecule has 93 heavy (non-hydrogen) atoms. The lowest BCUT2D eigenvalue weighted by Crippen LogP contribution is -2.14. The number of aryl methyl sites for hydroxylation is 3. The summed E-state index contributed by atoms with van der Waals surface area (Å²) >= 11 is 5.26.